The molecule has 0 unspecified atom stereocenters. The van der Waals surface area contributed by atoms with Gasteiger partial charge in [0, 0.05) is 23.9 Å². The molecular formula is C34H32F5N5O4S. The summed E-state index contributed by atoms with van der Waals surface area (Å²) >= 11 is 0. The van der Waals surface area contributed by atoms with Crippen molar-refractivity contribution >= 4 is 15.7 Å². The number of aromatic amines is 1. The molecule has 15 heteroatoms. The van der Waals surface area contributed by atoms with E-state index in [9.17, 15) is 35.2 Å². The number of halogens is 5. The highest BCUT2D eigenvalue weighted by molar-refractivity contribution is 7.92. The molecule has 1 aromatic heterocycles. The zero-order valence-corrected chi connectivity index (χ0v) is 26.9. The monoisotopic (exact) mass is 701 g/mol. The van der Waals surface area contributed by atoms with Crippen molar-refractivity contribution in [1.82, 2.24) is 25.5 Å². The fraction of sp³-hybridized carbons (Fsp3) is 0.412. The summed E-state index contributed by atoms with van der Waals surface area (Å²) in [7, 11) is -4.22. The lowest BCUT2D eigenvalue weighted by Crippen LogP contribution is -2.53. The zero-order chi connectivity index (χ0) is 34.6. The number of nitrogens with zero attached hydrogens (tertiary/aromatic N) is 4. The van der Waals surface area contributed by atoms with Gasteiger partial charge in [-0.1, -0.05) is 17.3 Å². The van der Waals surface area contributed by atoms with Crippen LogP contribution in [0.15, 0.2) is 65.6 Å². The second-order valence-electron chi connectivity index (χ2n) is 12.9. The number of aromatic nitrogens is 4. The van der Waals surface area contributed by atoms with Gasteiger partial charge in [-0.15, -0.1) is 10.2 Å². The number of alkyl halides is 3. The van der Waals surface area contributed by atoms with Crippen LogP contribution in [-0.4, -0.2) is 52.4 Å². The van der Waals surface area contributed by atoms with Crippen molar-refractivity contribution in [3.05, 3.63) is 100 Å². The molecule has 258 valence electrons. The molecule has 1 N–H and O–H groups in total. The fourth-order valence-electron chi connectivity index (χ4n) is 7.98. The van der Waals surface area contributed by atoms with Gasteiger partial charge in [0.25, 0.3) is 0 Å². The summed E-state index contributed by atoms with van der Waals surface area (Å²) in [5.74, 6) is -1.23. The number of amides is 1. The van der Waals surface area contributed by atoms with E-state index < -0.39 is 56.2 Å². The van der Waals surface area contributed by atoms with Crippen molar-refractivity contribution in [2.75, 3.05) is 6.54 Å². The second-order valence-corrected chi connectivity index (χ2v) is 15.1. The van der Waals surface area contributed by atoms with Gasteiger partial charge in [0.1, 0.15) is 28.7 Å². The Morgan fingerprint density at radius 2 is 1.76 bits per heavy atom. The molecular weight excluding hydrogens is 669 g/mol. The van der Waals surface area contributed by atoms with Crippen molar-refractivity contribution in [2.24, 2.45) is 5.92 Å². The molecule has 0 radical (unpaired) electrons. The van der Waals surface area contributed by atoms with E-state index >= 15 is 0 Å². The van der Waals surface area contributed by atoms with Crippen LogP contribution in [0.25, 0.3) is 0 Å². The topological polar surface area (TPSA) is 118 Å². The SMILES string of the molecule is O=C(C1CCC(c2nn[nH]n2)CC1)N1CC[C@@]2(S(=O)(=O)c3ccc(F)cc3)c3ccc(OCc4c(F)cccc4C(F)(F)F)cc3CC[C@@H]12. The maximum absolute atomic E-state index is 14.7. The Morgan fingerprint density at radius 1 is 1.00 bits per heavy atom. The minimum atomic E-state index is -4.79. The molecule has 0 bridgehead atoms. The average Bonchev–Trinajstić information content (AvgIpc) is 3.77. The predicted octanol–water partition coefficient (Wildman–Crippen LogP) is 6.27. The fourth-order valence-corrected chi connectivity index (χ4v) is 10.4. The van der Waals surface area contributed by atoms with Crippen LogP contribution in [0, 0.1) is 17.6 Å². The first-order valence-electron chi connectivity index (χ1n) is 16.0. The van der Waals surface area contributed by atoms with Gasteiger partial charge in [-0.3, -0.25) is 4.79 Å². The smallest absolute Gasteiger partial charge is 0.416 e. The molecule has 3 aliphatic rings. The molecule has 2 fully saturated rings. The van der Waals surface area contributed by atoms with Crippen molar-refractivity contribution < 1.29 is 39.9 Å². The van der Waals surface area contributed by atoms with Crippen LogP contribution >= 0.6 is 0 Å². The summed E-state index contributed by atoms with van der Waals surface area (Å²) in [5.41, 5.74) is -0.728. The second kappa shape index (κ2) is 12.5. The first kappa shape index (κ1) is 33.1. The third kappa shape index (κ3) is 5.75. The first-order chi connectivity index (χ1) is 23.4. The number of ether oxygens (including phenoxy) is 1. The van der Waals surface area contributed by atoms with Crippen LogP contribution in [0.1, 0.15) is 72.5 Å². The van der Waals surface area contributed by atoms with Crippen LogP contribution in [0.4, 0.5) is 22.0 Å². The number of H-pyrrole nitrogens is 1. The van der Waals surface area contributed by atoms with Gasteiger partial charge < -0.3 is 9.64 Å². The van der Waals surface area contributed by atoms with E-state index in [1.54, 1.807) is 17.0 Å². The summed E-state index contributed by atoms with van der Waals surface area (Å²) in [6.45, 7) is -0.501. The van der Waals surface area contributed by atoms with Gasteiger partial charge >= 0.3 is 6.18 Å². The van der Waals surface area contributed by atoms with Crippen LogP contribution in [0.2, 0.25) is 0 Å². The van der Waals surface area contributed by atoms with E-state index in [2.05, 4.69) is 20.6 Å². The molecule has 2 atom stereocenters. The molecule has 7 rings (SSSR count). The quantitative estimate of drug-likeness (QED) is 0.178. The summed E-state index contributed by atoms with van der Waals surface area (Å²) in [5, 5.41) is 14.3. The lowest BCUT2D eigenvalue weighted by Gasteiger charge is -2.43. The van der Waals surface area contributed by atoms with Crippen LogP contribution in [-0.2, 0) is 38.6 Å². The number of carbonyl (C=O) groups excluding carboxylic acids is 1. The standard InChI is InChI=1S/C34H32F5N5O4S/c35-23-9-12-25(13-10-23)49(46,47)33-16-17-44(32(45)21-6-4-20(5-7-21)31-40-42-43-41-31)30(33)15-8-22-18-24(11-14-27(22)33)48-19-26-28(34(37,38)39)2-1-3-29(26)36/h1-3,9-14,18,20-21,30H,4-8,15-17,19H2,(H,40,41,42,43)/t20?,21?,30-,33-/m1/s1. The van der Waals surface area contributed by atoms with Crippen LogP contribution in [0.5, 0.6) is 5.75 Å². The lowest BCUT2D eigenvalue weighted by molar-refractivity contribution is -0.139. The number of sulfone groups is 1. The highest BCUT2D eigenvalue weighted by Gasteiger charge is 2.61. The highest BCUT2D eigenvalue weighted by atomic mass is 32.2. The van der Waals surface area contributed by atoms with Crippen molar-refractivity contribution in [1.29, 1.82) is 0 Å². The van der Waals surface area contributed by atoms with Gasteiger partial charge in [-0.25, -0.2) is 17.2 Å². The van der Waals surface area contributed by atoms with E-state index in [4.69, 9.17) is 4.74 Å². The number of nitrogens with one attached hydrogen (secondary N) is 1. The molecule has 1 saturated heterocycles. The molecule has 1 amide bonds. The Kier molecular flexibility index (Phi) is 8.44. The van der Waals surface area contributed by atoms with E-state index in [0.29, 0.717) is 55.5 Å². The number of aryl methyl sites for hydroxylation is 1. The molecule has 2 aliphatic carbocycles. The van der Waals surface area contributed by atoms with Gasteiger partial charge in [-0.05, 0) is 105 Å². The zero-order valence-electron chi connectivity index (χ0n) is 26.1. The third-order valence-electron chi connectivity index (χ3n) is 10.4. The van der Waals surface area contributed by atoms with Crippen molar-refractivity contribution in [2.45, 2.75) is 79.3 Å². The molecule has 2 heterocycles. The Morgan fingerprint density at radius 3 is 2.45 bits per heavy atom. The van der Waals surface area contributed by atoms with Gasteiger partial charge in [0.2, 0.25) is 5.91 Å². The van der Waals surface area contributed by atoms with Crippen LogP contribution < -0.4 is 4.74 Å². The summed E-state index contributed by atoms with van der Waals surface area (Å²) in [6, 6.07) is 11.2. The predicted molar refractivity (Wildman–Crippen MR) is 165 cm³/mol. The Hall–Kier alpha value is -4.40. The molecule has 4 aromatic rings. The molecule has 49 heavy (non-hydrogen) atoms. The van der Waals surface area contributed by atoms with Gasteiger partial charge in [0.05, 0.1) is 16.5 Å². The Bertz CT molecular complexity index is 1970. The molecule has 9 nitrogen and oxygen atoms in total. The number of carbonyl (C=O) groups is 1. The number of hydrogen-bond acceptors (Lipinski definition) is 7. The largest absolute Gasteiger partial charge is 0.489 e. The first-order valence-corrected chi connectivity index (χ1v) is 17.5. The number of likely N-dealkylation sites (tertiary alicyclic amines) is 1. The van der Waals surface area contributed by atoms with E-state index in [0.717, 1.165) is 30.3 Å². The summed E-state index contributed by atoms with van der Waals surface area (Å²) < 4.78 is 103. The number of hydrogen-bond donors (Lipinski definition) is 1. The normalized spacial score (nSPS) is 23.9. The Labute approximate surface area is 278 Å². The maximum Gasteiger partial charge on any atom is 0.416 e. The van der Waals surface area contributed by atoms with Crippen LogP contribution in [0.3, 0.4) is 0 Å². The average molecular weight is 702 g/mol. The summed E-state index contributed by atoms with van der Waals surface area (Å²) in [4.78, 5) is 15.7. The number of tetrazole rings is 1. The van der Waals surface area contributed by atoms with Gasteiger partial charge in [0.15, 0.2) is 15.7 Å². The molecule has 3 aromatic carbocycles. The third-order valence-corrected chi connectivity index (χ3v) is 12.9. The number of rotatable bonds is 7. The Balaban J connectivity index is 1.20. The van der Waals surface area contributed by atoms with E-state index in [1.165, 1.54) is 18.2 Å². The molecule has 1 saturated carbocycles. The van der Waals surface area contributed by atoms with Gasteiger partial charge in [-0.2, -0.15) is 18.4 Å². The minimum absolute atomic E-state index is 0.0794. The number of benzene rings is 3. The number of fused-ring (bicyclic) bond motifs is 3. The molecule has 1 aliphatic heterocycles. The lowest BCUT2D eigenvalue weighted by atomic mass is 9.77. The van der Waals surface area contributed by atoms with Crippen molar-refractivity contribution in [3.63, 3.8) is 0 Å². The van der Waals surface area contributed by atoms with E-state index in [-0.39, 0.29) is 41.4 Å². The molecule has 0 spiro atoms. The highest BCUT2D eigenvalue weighted by Crippen LogP contribution is 2.54. The summed E-state index contributed by atoms with van der Waals surface area (Å²) in [6.07, 6.45) is -1.47. The van der Waals surface area contributed by atoms with E-state index in [1.807, 2.05) is 0 Å². The minimum Gasteiger partial charge on any atom is -0.489 e. The maximum atomic E-state index is 14.7. The van der Waals surface area contributed by atoms with Crippen molar-refractivity contribution in [3.8, 4) is 5.75 Å².